The van der Waals surface area contributed by atoms with Crippen LogP contribution in [0.3, 0.4) is 0 Å². The van der Waals surface area contributed by atoms with Crippen molar-refractivity contribution in [1.29, 1.82) is 5.26 Å². The molecule has 1 aromatic carbocycles. The first-order valence-corrected chi connectivity index (χ1v) is 7.83. The fourth-order valence-corrected chi connectivity index (χ4v) is 3.76. The van der Waals surface area contributed by atoms with Crippen LogP contribution in [0.2, 0.25) is 5.02 Å². The van der Waals surface area contributed by atoms with Crippen molar-refractivity contribution in [3.8, 4) is 6.07 Å². The van der Waals surface area contributed by atoms with Gasteiger partial charge in [0.05, 0.1) is 29.9 Å². The highest BCUT2D eigenvalue weighted by Gasteiger charge is 2.55. The summed E-state index contributed by atoms with van der Waals surface area (Å²) in [6.45, 7) is 4.49. The molecule has 23 heavy (non-hydrogen) atoms. The van der Waals surface area contributed by atoms with Crippen LogP contribution in [-0.2, 0) is 10.2 Å². The summed E-state index contributed by atoms with van der Waals surface area (Å²) in [4.78, 5) is 2.20. The molecule has 4 rings (SSSR count). The molecule has 0 saturated carbocycles. The number of ether oxygens (including phenoxy) is 1. The molecule has 2 atom stereocenters. The lowest BCUT2D eigenvalue weighted by Gasteiger charge is -2.24. The Bertz CT molecular complexity index is 800. The van der Waals surface area contributed by atoms with E-state index in [2.05, 4.69) is 21.2 Å². The fourth-order valence-electron chi connectivity index (χ4n) is 3.59. The van der Waals surface area contributed by atoms with Crippen LogP contribution in [0.15, 0.2) is 22.6 Å². The second-order valence-corrected chi connectivity index (χ2v) is 6.58. The quantitative estimate of drug-likeness (QED) is 0.841. The van der Waals surface area contributed by atoms with Gasteiger partial charge in [-0.1, -0.05) is 11.6 Å². The number of benzene rings is 1. The lowest BCUT2D eigenvalue weighted by atomic mass is 9.81. The molecule has 0 spiro atoms. The van der Waals surface area contributed by atoms with E-state index in [9.17, 15) is 5.26 Å². The molecule has 0 bridgehead atoms. The number of nitriles is 1. The highest BCUT2D eigenvalue weighted by molar-refractivity contribution is 6.30. The third kappa shape index (κ3) is 2.19. The van der Waals surface area contributed by atoms with Gasteiger partial charge in [-0.2, -0.15) is 5.26 Å². The molecule has 0 unspecified atom stereocenters. The molecule has 0 aliphatic carbocycles. The number of aryl methyl sites for hydroxylation is 1. The van der Waals surface area contributed by atoms with Gasteiger partial charge in [0.1, 0.15) is 6.07 Å². The van der Waals surface area contributed by atoms with Crippen LogP contribution in [0.4, 0.5) is 5.69 Å². The minimum atomic E-state index is -0.298. The zero-order valence-corrected chi connectivity index (χ0v) is 13.4. The summed E-state index contributed by atoms with van der Waals surface area (Å²) >= 11 is 6.00. The number of halogens is 1. The molecular weight excluding hydrogens is 316 g/mol. The Morgan fingerprint density at radius 1 is 1.43 bits per heavy atom. The van der Waals surface area contributed by atoms with Gasteiger partial charge in [-0.05, 0) is 18.2 Å². The molecule has 2 aliphatic heterocycles. The number of rotatable bonds is 2. The van der Waals surface area contributed by atoms with Gasteiger partial charge in [0.2, 0.25) is 11.8 Å². The van der Waals surface area contributed by atoms with Crippen LogP contribution in [0.5, 0.6) is 0 Å². The number of nitrogens with zero attached hydrogens (tertiary/aromatic N) is 4. The van der Waals surface area contributed by atoms with Crippen molar-refractivity contribution in [1.82, 2.24) is 10.2 Å². The van der Waals surface area contributed by atoms with Crippen molar-refractivity contribution in [3.63, 3.8) is 0 Å². The van der Waals surface area contributed by atoms with Gasteiger partial charge in [-0.3, -0.25) is 0 Å². The molecule has 2 fully saturated rings. The van der Waals surface area contributed by atoms with Crippen LogP contribution in [0, 0.1) is 24.2 Å². The SMILES string of the molecule is Cc1nnc([C@@]23COC[C@@H]2CN(c2ccc(Cl)cc2C#N)C3)o1. The molecule has 6 nitrogen and oxygen atoms in total. The average Bonchev–Trinajstić information content (AvgIpc) is 3.20. The van der Waals surface area contributed by atoms with Gasteiger partial charge in [0.15, 0.2) is 0 Å². The number of aromatic nitrogens is 2. The maximum Gasteiger partial charge on any atom is 0.227 e. The summed E-state index contributed by atoms with van der Waals surface area (Å²) in [5.41, 5.74) is 1.17. The number of hydrogen-bond acceptors (Lipinski definition) is 6. The molecule has 2 saturated heterocycles. The Morgan fingerprint density at radius 3 is 3.04 bits per heavy atom. The minimum Gasteiger partial charge on any atom is -0.425 e. The van der Waals surface area contributed by atoms with Crippen LogP contribution in [0.1, 0.15) is 17.3 Å². The van der Waals surface area contributed by atoms with E-state index >= 15 is 0 Å². The molecule has 0 N–H and O–H groups in total. The molecule has 118 valence electrons. The van der Waals surface area contributed by atoms with Crippen LogP contribution in [-0.4, -0.2) is 36.5 Å². The second kappa shape index (κ2) is 5.22. The zero-order chi connectivity index (χ0) is 16.0. The maximum absolute atomic E-state index is 9.39. The van der Waals surface area contributed by atoms with Gasteiger partial charge in [0, 0.05) is 31.0 Å². The van der Waals surface area contributed by atoms with E-state index in [4.69, 9.17) is 20.8 Å². The summed E-state index contributed by atoms with van der Waals surface area (Å²) in [5.74, 6) is 1.46. The van der Waals surface area contributed by atoms with Crippen molar-refractivity contribution < 1.29 is 9.15 Å². The highest BCUT2D eigenvalue weighted by atomic mass is 35.5. The van der Waals surface area contributed by atoms with Gasteiger partial charge in [0.25, 0.3) is 0 Å². The molecule has 1 aromatic heterocycles. The Kier molecular flexibility index (Phi) is 3.29. The van der Waals surface area contributed by atoms with Gasteiger partial charge >= 0.3 is 0 Å². The molecule has 0 radical (unpaired) electrons. The molecular formula is C16H15ClN4O2. The lowest BCUT2D eigenvalue weighted by Crippen LogP contribution is -2.36. The van der Waals surface area contributed by atoms with Gasteiger partial charge in [-0.15, -0.1) is 10.2 Å². The van der Waals surface area contributed by atoms with E-state index in [1.165, 1.54) is 0 Å². The predicted octanol–water partition coefficient (Wildman–Crippen LogP) is 2.31. The standard InChI is InChI=1S/C16H15ClN4O2/c1-10-19-20-15(23-10)16-8-21(6-12(16)7-22-9-16)14-3-2-13(17)4-11(14)5-18/h2-4,12H,6-9H2,1H3/t12-,16-/m0/s1. The van der Waals surface area contributed by atoms with Crippen molar-refractivity contribution in [3.05, 3.63) is 40.6 Å². The number of fused-ring (bicyclic) bond motifs is 1. The smallest absolute Gasteiger partial charge is 0.227 e. The largest absolute Gasteiger partial charge is 0.425 e. The van der Waals surface area contributed by atoms with Crippen molar-refractivity contribution in [2.24, 2.45) is 5.92 Å². The van der Waals surface area contributed by atoms with Gasteiger partial charge in [-0.25, -0.2) is 0 Å². The Morgan fingerprint density at radius 2 is 2.30 bits per heavy atom. The van der Waals surface area contributed by atoms with Crippen LogP contribution in [0.25, 0.3) is 0 Å². The minimum absolute atomic E-state index is 0.268. The summed E-state index contributed by atoms with van der Waals surface area (Å²) in [6.07, 6.45) is 0. The number of hydrogen-bond donors (Lipinski definition) is 0. The normalized spacial score (nSPS) is 26.3. The van der Waals surface area contributed by atoms with Crippen molar-refractivity contribution in [2.75, 3.05) is 31.2 Å². The summed E-state index contributed by atoms with van der Waals surface area (Å²) in [7, 11) is 0. The zero-order valence-electron chi connectivity index (χ0n) is 12.6. The van der Waals surface area contributed by atoms with Gasteiger partial charge < -0.3 is 14.1 Å². The van der Waals surface area contributed by atoms with Crippen LogP contribution < -0.4 is 4.90 Å². The van der Waals surface area contributed by atoms with E-state index < -0.39 is 0 Å². The first-order chi connectivity index (χ1) is 11.1. The fraction of sp³-hybridized carbons (Fsp3) is 0.438. The third-order valence-electron chi connectivity index (χ3n) is 4.75. The van der Waals surface area contributed by atoms with E-state index in [-0.39, 0.29) is 11.3 Å². The predicted molar refractivity (Wildman–Crippen MR) is 83.4 cm³/mol. The Hall–Kier alpha value is -2.10. The summed E-state index contributed by atoms with van der Waals surface area (Å²) in [6, 6.07) is 7.64. The van der Waals surface area contributed by atoms with E-state index in [1.807, 2.05) is 12.1 Å². The molecule has 2 aromatic rings. The third-order valence-corrected chi connectivity index (χ3v) is 4.98. The Labute approximate surface area is 138 Å². The lowest BCUT2D eigenvalue weighted by molar-refractivity contribution is 0.166. The number of anilines is 1. The van der Waals surface area contributed by atoms with Crippen molar-refractivity contribution >= 4 is 17.3 Å². The molecule has 2 aliphatic rings. The molecule has 7 heteroatoms. The average molecular weight is 331 g/mol. The molecule has 0 amide bonds. The second-order valence-electron chi connectivity index (χ2n) is 6.15. The first-order valence-electron chi connectivity index (χ1n) is 7.45. The summed E-state index contributed by atoms with van der Waals surface area (Å²) < 4.78 is 11.4. The van der Waals surface area contributed by atoms with Crippen molar-refractivity contribution in [2.45, 2.75) is 12.3 Å². The van der Waals surface area contributed by atoms with E-state index in [0.717, 1.165) is 12.2 Å². The summed E-state index contributed by atoms with van der Waals surface area (Å²) in [5, 5.41) is 18.2. The first kappa shape index (κ1) is 14.5. The maximum atomic E-state index is 9.39. The topological polar surface area (TPSA) is 75.2 Å². The highest BCUT2D eigenvalue weighted by Crippen LogP contribution is 2.45. The molecule has 3 heterocycles. The van der Waals surface area contributed by atoms with Crippen LogP contribution >= 0.6 is 11.6 Å². The van der Waals surface area contributed by atoms with E-state index in [0.29, 0.717) is 42.1 Å². The Balaban J connectivity index is 1.72. The monoisotopic (exact) mass is 330 g/mol. The van der Waals surface area contributed by atoms with E-state index in [1.54, 1.807) is 13.0 Å².